The molecule has 4 heterocycles. The van der Waals surface area contributed by atoms with Gasteiger partial charge in [-0.15, -0.1) is 0 Å². The topological polar surface area (TPSA) is 99.7 Å². The molecule has 0 saturated carbocycles. The number of rotatable bonds is 3. The zero-order valence-electron chi connectivity index (χ0n) is 18.2. The van der Waals surface area contributed by atoms with Crippen LogP contribution in [0.5, 0.6) is 0 Å². The number of carbonyl (C=O) groups excluding carboxylic acids is 1. The summed E-state index contributed by atoms with van der Waals surface area (Å²) in [6.07, 6.45) is 5.49. The highest BCUT2D eigenvalue weighted by Crippen LogP contribution is 2.40. The monoisotopic (exact) mass is 442 g/mol. The number of hydrogen-bond acceptors (Lipinski definition) is 6. The first-order chi connectivity index (χ1) is 16.1. The van der Waals surface area contributed by atoms with Crippen LogP contribution in [-0.4, -0.2) is 44.9 Å². The molecule has 4 N–H and O–H groups in total. The Morgan fingerprint density at radius 1 is 1.06 bits per heavy atom. The van der Waals surface area contributed by atoms with Crippen molar-refractivity contribution in [1.82, 2.24) is 20.0 Å². The van der Waals surface area contributed by atoms with Crippen LogP contribution in [0.2, 0.25) is 0 Å². The maximum Gasteiger partial charge on any atom is 0.245 e. The number of likely N-dealkylation sites (tertiary alicyclic amines) is 1. The van der Waals surface area contributed by atoms with E-state index < -0.39 is 0 Å². The number of hydrazine groups is 1. The smallest absolute Gasteiger partial charge is 0.245 e. The number of nitrogens with two attached hydrogens (primary N) is 1. The van der Waals surface area contributed by atoms with Gasteiger partial charge in [0.15, 0.2) is 6.29 Å². The van der Waals surface area contributed by atoms with Crippen LogP contribution in [0.4, 0.5) is 5.69 Å². The van der Waals surface area contributed by atoms with Crippen LogP contribution in [0.1, 0.15) is 30.4 Å². The molecule has 1 saturated heterocycles. The highest BCUT2D eigenvalue weighted by molar-refractivity contribution is 6.01. The third kappa shape index (κ3) is 3.34. The van der Waals surface area contributed by atoms with Crippen LogP contribution in [0.3, 0.4) is 0 Å². The second-order valence-electron chi connectivity index (χ2n) is 8.84. The minimum Gasteiger partial charge on any atom is -0.393 e. The van der Waals surface area contributed by atoms with Gasteiger partial charge in [-0.25, -0.2) is 15.5 Å². The van der Waals surface area contributed by atoms with Crippen molar-refractivity contribution in [2.45, 2.75) is 31.7 Å². The van der Waals surface area contributed by atoms with Crippen LogP contribution in [-0.2, 0) is 11.2 Å². The van der Waals surface area contributed by atoms with Gasteiger partial charge in [0, 0.05) is 30.4 Å². The first-order valence-corrected chi connectivity index (χ1v) is 11.3. The summed E-state index contributed by atoms with van der Waals surface area (Å²) in [6, 6.07) is 16.2. The van der Waals surface area contributed by atoms with E-state index in [1.807, 2.05) is 41.2 Å². The summed E-state index contributed by atoms with van der Waals surface area (Å²) in [5.41, 5.74) is 6.68. The molecule has 8 heteroatoms. The van der Waals surface area contributed by atoms with Gasteiger partial charge in [0.05, 0.1) is 23.9 Å². The summed E-state index contributed by atoms with van der Waals surface area (Å²) in [6.45, 7) is 1.60. The van der Waals surface area contributed by atoms with Crippen molar-refractivity contribution < 1.29 is 9.90 Å². The number of anilines is 1. The lowest BCUT2D eigenvalue weighted by Gasteiger charge is -2.37. The zero-order chi connectivity index (χ0) is 22.5. The predicted octanol–water partition coefficient (Wildman–Crippen LogP) is 2.47. The molecule has 0 radical (unpaired) electrons. The van der Waals surface area contributed by atoms with Gasteiger partial charge in [-0.3, -0.25) is 9.69 Å². The molecule has 3 aromatic rings. The Hall–Kier alpha value is -3.46. The Kier molecular flexibility index (Phi) is 4.79. The van der Waals surface area contributed by atoms with Crippen LogP contribution < -0.4 is 16.2 Å². The first kappa shape index (κ1) is 20.2. The summed E-state index contributed by atoms with van der Waals surface area (Å²) in [5.74, 6) is 5.83. The Bertz CT molecular complexity index is 1240. The number of aliphatic hydroxyl groups excluding tert-OH is 1. The van der Waals surface area contributed by atoms with Crippen molar-refractivity contribution in [3.05, 3.63) is 66.0 Å². The first-order valence-electron chi connectivity index (χ1n) is 11.3. The molecular formula is C25H26N6O2. The van der Waals surface area contributed by atoms with E-state index in [0.717, 1.165) is 65.3 Å². The molecule has 1 aromatic heterocycles. The highest BCUT2D eigenvalue weighted by Gasteiger charge is 2.32. The van der Waals surface area contributed by atoms with E-state index in [-0.39, 0.29) is 18.3 Å². The fourth-order valence-electron chi connectivity index (χ4n) is 5.05. The third-order valence-electron chi connectivity index (χ3n) is 6.80. The zero-order valence-corrected chi connectivity index (χ0v) is 18.2. The predicted molar refractivity (Wildman–Crippen MR) is 126 cm³/mol. The average Bonchev–Trinajstić information content (AvgIpc) is 3.37. The summed E-state index contributed by atoms with van der Waals surface area (Å²) in [7, 11) is 0. The Morgan fingerprint density at radius 3 is 2.64 bits per heavy atom. The Labute approximate surface area is 191 Å². The van der Waals surface area contributed by atoms with Crippen molar-refractivity contribution in [1.29, 1.82) is 0 Å². The van der Waals surface area contributed by atoms with Crippen molar-refractivity contribution in [3.63, 3.8) is 0 Å². The highest BCUT2D eigenvalue weighted by atomic mass is 16.3. The molecule has 1 amide bonds. The summed E-state index contributed by atoms with van der Waals surface area (Å²) in [4.78, 5) is 14.5. The van der Waals surface area contributed by atoms with E-state index in [0.29, 0.717) is 6.42 Å². The van der Waals surface area contributed by atoms with E-state index in [1.165, 1.54) is 5.01 Å². The molecule has 0 bridgehead atoms. The lowest BCUT2D eigenvalue weighted by atomic mass is 9.96. The second kappa shape index (κ2) is 7.84. The number of carbonyl (C=O) groups is 1. The fraction of sp³-hybridized carbons (Fsp3) is 0.280. The number of benzene rings is 2. The molecule has 1 atom stereocenters. The number of aromatic nitrogens is 2. The number of aliphatic hydroxyl groups is 1. The van der Waals surface area contributed by atoms with Gasteiger partial charge in [-0.1, -0.05) is 36.4 Å². The van der Waals surface area contributed by atoms with Crippen molar-refractivity contribution in [3.8, 4) is 22.4 Å². The second-order valence-corrected chi connectivity index (χ2v) is 8.84. The fourth-order valence-corrected chi connectivity index (χ4v) is 5.05. The molecule has 8 nitrogen and oxygen atoms in total. The molecule has 1 unspecified atom stereocenters. The minimum absolute atomic E-state index is 0.0982. The Morgan fingerprint density at radius 2 is 1.85 bits per heavy atom. The van der Waals surface area contributed by atoms with Gasteiger partial charge in [0.2, 0.25) is 5.91 Å². The molecular weight excluding hydrogens is 416 g/mol. The van der Waals surface area contributed by atoms with Crippen LogP contribution in [0.25, 0.3) is 28.5 Å². The van der Waals surface area contributed by atoms with Crippen molar-refractivity contribution >= 4 is 17.7 Å². The molecule has 168 valence electrons. The van der Waals surface area contributed by atoms with Gasteiger partial charge >= 0.3 is 0 Å². The number of nitrogens with zero attached hydrogens (tertiary/aromatic N) is 4. The minimum atomic E-state index is -0.232. The number of amides is 1. The molecule has 2 aromatic carbocycles. The molecule has 3 aliphatic heterocycles. The summed E-state index contributed by atoms with van der Waals surface area (Å²) in [5, 5.41) is 19.7. The van der Waals surface area contributed by atoms with Gasteiger partial charge in [-0.2, -0.15) is 5.10 Å². The average molecular weight is 443 g/mol. The SMILES string of the molecule is NN1C(=O)Cc2cc(-c3c(-c4ccccc4)nn4c3C=CNC4N3CCC(O)CC3)ccc21. The number of nitrogens with one attached hydrogen (secondary N) is 1. The van der Waals surface area contributed by atoms with Crippen molar-refractivity contribution in [2.75, 3.05) is 18.1 Å². The molecule has 3 aliphatic rings. The third-order valence-corrected chi connectivity index (χ3v) is 6.80. The van der Waals surface area contributed by atoms with E-state index in [4.69, 9.17) is 10.9 Å². The maximum absolute atomic E-state index is 12.1. The van der Waals surface area contributed by atoms with E-state index in [2.05, 4.69) is 34.5 Å². The molecule has 0 aliphatic carbocycles. The lowest BCUT2D eigenvalue weighted by molar-refractivity contribution is -0.117. The summed E-state index contributed by atoms with van der Waals surface area (Å²) >= 11 is 0. The number of fused-ring (bicyclic) bond motifs is 2. The standard InChI is InChI=1S/C25H26N6O2/c26-30-20-7-6-17(14-18(20)15-22(30)33)23-21-8-11-27-25(29-12-9-19(32)10-13-29)31(21)28-24(23)16-4-2-1-3-5-16/h1-8,11,14,19,25,27,32H,9-10,12-13,15,26H2. The largest absolute Gasteiger partial charge is 0.393 e. The van der Waals surface area contributed by atoms with E-state index in [1.54, 1.807) is 0 Å². The van der Waals surface area contributed by atoms with Crippen LogP contribution in [0.15, 0.2) is 54.7 Å². The van der Waals surface area contributed by atoms with Gasteiger partial charge in [-0.05, 0) is 42.2 Å². The van der Waals surface area contributed by atoms with Crippen LogP contribution >= 0.6 is 0 Å². The molecule has 6 rings (SSSR count). The Balaban J connectivity index is 1.49. The maximum atomic E-state index is 12.1. The van der Waals surface area contributed by atoms with Crippen molar-refractivity contribution in [2.24, 2.45) is 5.84 Å². The van der Waals surface area contributed by atoms with Crippen LogP contribution in [0, 0.1) is 0 Å². The molecule has 0 spiro atoms. The van der Waals surface area contributed by atoms with Gasteiger partial charge in [0.25, 0.3) is 0 Å². The quantitative estimate of drug-likeness (QED) is 0.426. The van der Waals surface area contributed by atoms with Gasteiger partial charge < -0.3 is 10.4 Å². The number of piperidine rings is 1. The lowest BCUT2D eigenvalue weighted by Crippen LogP contribution is -2.47. The number of hydrogen-bond donors (Lipinski definition) is 3. The molecule has 33 heavy (non-hydrogen) atoms. The molecule has 1 fully saturated rings. The van der Waals surface area contributed by atoms with E-state index >= 15 is 0 Å². The summed E-state index contributed by atoms with van der Waals surface area (Å²) < 4.78 is 2.04. The van der Waals surface area contributed by atoms with Gasteiger partial charge in [0.1, 0.15) is 5.69 Å². The normalized spacial score (nSPS) is 20.6. The van der Waals surface area contributed by atoms with E-state index in [9.17, 15) is 9.90 Å².